The van der Waals surface area contributed by atoms with Crippen LogP contribution in [0, 0.1) is 5.82 Å². The van der Waals surface area contributed by atoms with E-state index in [4.69, 9.17) is 0 Å². The van der Waals surface area contributed by atoms with Gasteiger partial charge in [0.25, 0.3) is 0 Å². The molecule has 1 saturated heterocycles. The SMILES string of the molecule is CC(=O)c1ccc(N2CCN([C@H](C)C(=O)N3c4ccccc4C[C@H]3C)CC2)c(F)c1. The fraction of sp³-hybridized carbons (Fsp3) is 0.417. The van der Waals surface area contributed by atoms with Crippen LogP contribution in [-0.4, -0.2) is 54.9 Å². The highest BCUT2D eigenvalue weighted by molar-refractivity contribution is 5.99. The van der Waals surface area contributed by atoms with Gasteiger partial charge in [0.15, 0.2) is 5.78 Å². The van der Waals surface area contributed by atoms with Crippen molar-refractivity contribution in [1.29, 1.82) is 0 Å². The fourth-order valence-corrected chi connectivity index (χ4v) is 4.59. The Labute approximate surface area is 177 Å². The Kier molecular flexibility index (Phi) is 5.60. The predicted octanol–water partition coefficient (Wildman–Crippen LogP) is 3.52. The van der Waals surface area contributed by atoms with Gasteiger partial charge in [-0.15, -0.1) is 0 Å². The zero-order valence-electron chi connectivity index (χ0n) is 17.8. The highest BCUT2D eigenvalue weighted by Crippen LogP contribution is 2.33. The molecule has 2 aromatic carbocycles. The number of amides is 1. The minimum atomic E-state index is -0.372. The molecule has 0 aromatic heterocycles. The number of nitrogens with zero attached hydrogens (tertiary/aromatic N) is 3. The first-order chi connectivity index (χ1) is 14.4. The number of para-hydroxylation sites is 1. The molecule has 5 nitrogen and oxygen atoms in total. The number of anilines is 2. The molecule has 2 heterocycles. The first-order valence-electron chi connectivity index (χ1n) is 10.6. The number of piperazine rings is 1. The van der Waals surface area contributed by atoms with Gasteiger partial charge in [-0.1, -0.05) is 18.2 Å². The maximum absolute atomic E-state index is 14.5. The smallest absolute Gasteiger partial charge is 0.244 e. The number of hydrogen-bond acceptors (Lipinski definition) is 4. The van der Waals surface area contributed by atoms with Gasteiger partial charge in [0.05, 0.1) is 11.7 Å². The van der Waals surface area contributed by atoms with Crippen LogP contribution in [0.2, 0.25) is 0 Å². The topological polar surface area (TPSA) is 43.9 Å². The Morgan fingerprint density at radius 1 is 1.03 bits per heavy atom. The van der Waals surface area contributed by atoms with E-state index in [9.17, 15) is 14.0 Å². The first kappa shape index (κ1) is 20.5. The lowest BCUT2D eigenvalue weighted by atomic mass is 10.1. The summed E-state index contributed by atoms with van der Waals surface area (Å²) in [5.41, 5.74) is 3.14. The van der Waals surface area contributed by atoms with E-state index >= 15 is 0 Å². The molecule has 0 radical (unpaired) electrons. The number of fused-ring (bicyclic) bond motifs is 1. The molecule has 0 unspecified atom stereocenters. The summed E-state index contributed by atoms with van der Waals surface area (Å²) in [6, 6.07) is 12.7. The van der Waals surface area contributed by atoms with Gasteiger partial charge in [-0.05, 0) is 57.0 Å². The second-order valence-corrected chi connectivity index (χ2v) is 8.31. The number of carbonyl (C=O) groups is 2. The molecule has 4 rings (SSSR count). The van der Waals surface area contributed by atoms with E-state index in [-0.39, 0.29) is 29.6 Å². The molecule has 1 amide bonds. The molecule has 0 bridgehead atoms. The number of ketones is 1. The van der Waals surface area contributed by atoms with Crippen molar-refractivity contribution in [1.82, 2.24) is 4.90 Å². The summed E-state index contributed by atoms with van der Waals surface area (Å²) in [7, 11) is 0. The summed E-state index contributed by atoms with van der Waals surface area (Å²) >= 11 is 0. The molecule has 30 heavy (non-hydrogen) atoms. The van der Waals surface area contributed by atoms with Crippen molar-refractivity contribution in [3.8, 4) is 0 Å². The lowest BCUT2D eigenvalue weighted by Gasteiger charge is -2.40. The Balaban J connectivity index is 1.42. The van der Waals surface area contributed by atoms with Crippen LogP contribution in [0.3, 0.4) is 0 Å². The summed E-state index contributed by atoms with van der Waals surface area (Å²) in [5.74, 6) is -0.393. The van der Waals surface area contributed by atoms with Gasteiger partial charge in [-0.2, -0.15) is 0 Å². The number of carbonyl (C=O) groups excluding carboxylic acids is 2. The van der Waals surface area contributed by atoms with Crippen LogP contribution in [0.5, 0.6) is 0 Å². The predicted molar refractivity (Wildman–Crippen MR) is 117 cm³/mol. The van der Waals surface area contributed by atoms with Gasteiger partial charge >= 0.3 is 0 Å². The zero-order valence-corrected chi connectivity index (χ0v) is 17.8. The molecular formula is C24H28FN3O2. The summed E-state index contributed by atoms with van der Waals surface area (Å²) in [6.07, 6.45) is 0.887. The highest BCUT2D eigenvalue weighted by Gasteiger charge is 2.36. The van der Waals surface area contributed by atoms with E-state index in [0.717, 1.165) is 12.1 Å². The van der Waals surface area contributed by atoms with Gasteiger partial charge in [0.2, 0.25) is 5.91 Å². The number of rotatable bonds is 4. The average Bonchev–Trinajstić information content (AvgIpc) is 3.08. The van der Waals surface area contributed by atoms with Crippen molar-refractivity contribution in [2.24, 2.45) is 0 Å². The fourth-order valence-electron chi connectivity index (χ4n) is 4.59. The van der Waals surface area contributed by atoms with Crippen LogP contribution in [0.15, 0.2) is 42.5 Å². The van der Waals surface area contributed by atoms with Crippen molar-refractivity contribution < 1.29 is 14.0 Å². The van der Waals surface area contributed by atoms with Crippen LogP contribution in [0.4, 0.5) is 15.8 Å². The van der Waals surface area contributed by atoms with E-state index < -0.39 is 0 Å². The molecule has 2 aromatic rings. The van der Waals surface area contributed by atoms with Crippen LogP contribution >= 0.6 is 0 Å². The summed E-state index contributed by atoms with van der Waals surface area (Å²) in [4.78, 5) is 30.9. The molecule has 1 fully saturated rings. The number of benzene rings is 2. The van der Waals surface area contributed by atoms with E-state index in [1.165, 1.54) is 18.6 Å². The molecular weight excluding hydrogens is 381 g/mol. The molecule has 0 spiro atoms. The van der Waals surface area contributed by atoms with Gasteiger partial charge in [0, 0.05) is 43.5 Å². The van der Waals surface area contributed by atoms with Crippen molar-refractivity contribution in [2.45, 2.75) is 39.3 Å². The monoisotopic (exact) mass is 409 g/mol. The van der Waals surface area contributed by atoms with Crippen molar-refractivity contribution in [3.63, 3.8) is 0 Å². The normalized spacial score (nSPS) is 20.2. The third-order valence-electron chi connectivity index (χ3n) is 6.36. The second kappa shape index (κ2) is 8.19. The van der Waals surface area contributed by atoms with E-state index in [2.05, 4.69) is 17.9 Å². The summed E-state index contributed by atoms with van der Waals surface area (Å²) in [6.45, 7) is 8.14. The Hall–Kier alpha value is -2.73. The molecule has 158 valence electrons. The van der Waals surface area contributed by atoms with Gasteiger partial charge in [-0.25, -0.2) is 4.39 Å². The molecule has 0 N–H and O–H groups in total. The average molecular weight is 410 g/mol. The highest BCUT2D eigenvalue weighted by atomic mass is 19.1. The maximum Gasteiger partial charge on any atom is 0.244 e. The van der Waals surface area contributed by atoms with Crippen molar-refractivity contribution in [2.75, 3.05) is 36.0 Å². The quantitative estimate of drug-likeness (QED) is 0.725. The van der Waals surface area contributed by atoms with Gasteiger partial charge in [-0.3, -0.25) is 14.5 Å². The standard InChI is InChI=1S/C24H28FN3O2/c1-16-14-20-6-4-5-7-22(20)28(16)24(30)17(2)26-10-12-27(13-11-26)23-9-8-19(18(3)29)15-21(23)25/h4-9,15-17H,10-14H2,1-3H3/t16-,17-/m1/s1. The summed E-state index contributed by atoms with van der Waals surface area (Å²) < 4.78 is 14.5. The van der Waals surface area contributed by atoms with E-state index in [1.54, 1.807) is 12.1 Å². The molecule has 6 heteroatoms. The maximum atomic E-state index is 14.5. The first-order valence-corrected chi connectivity index (χ1v) is 10.6. The summed E-state index contributed by atoms with van der Waals surface area (Å²) in [5, 5.41) is 0. The largest absolute Gasteiger partial charge is 0.367 e. The third-order valence-corrected chi connectivity index (χ3v) is 6.36. The number of hydrogen-bond donors (Lipinski definition) is 0. The van der Waals surface area contributed by atoms with Crippen LogP contribution in [0.1, 0.15) is 36.7 Å². The third kappa shape index (κ3) is 3.72. The molecule has 0 saturated carbocycles. The molecule has 2 aliphatic heterocycles. The van der Waals surface area contributed by atoms with Crippen molar-refractivity contribution >= 4 is 23.1 Å². The van der Waals surface area contributed by atoms with Crippen LogP contribution < -0.4 is 9.80 Å². The Bertz CT molecular complexity index is 969. The minimum Gasteiger partial charge on any atom is -0.367 e. The second-order valence-electron chi connectivity index (χ2n) is 8.31. The van der Waals surface area contributed by atoms with Crippen LogP contribution in [0.25, 0.3) is 0 Å². The zero-order chi connectivity index (χ0) is 21.4. The van der Waals surface area contributed by atoms with E-state index in [0.29, 0.717) is 37.4 Å². The van der Waals surface area contributed by atoms with Gasteiger partial charge < -0.3 is 9.80 Å². The number of halogens is 1. The Morgan fingerprint density at radius 3 is 2.40 bits per heavy atom. The van der Waals surface area contributed by atoms with Crippen LogP contribution in [-0.2, 0) is 11.2 Å². The van der Waals surface area contributed by atoms with E-state index in [1.807, 2.05) is 34.9 Å². The minimum absolute atomic E-state index is 0.123. The molecule has 2 aliphatic rings. The van der Waals surface area contributed by atoms with Crippen molar-refractivity contribution in [3.05, 3.63) is 59.4 Å². The molecule has 0 aliphatic carbocycles. The lowest BCUT2D eigenvalue weighted by molar-refractivity contribution is -0.123. The number of Topliss-reactive ketones (excluding diaryl/α,β-unsaturated/α-hetero) is 1. The molecule has 2 atom stereocenters. The Morgan fingerprint density at radius 2 is 1.73 bits per heavy atom. The van der Waals surface area contributed by atoms with Gasteiger partial charge in [0.1, 0.15) is 5.82 Å². The lowest BCUT2D eigenvalue weighted by Crippen LogP contribution is -2.55.